The van der Waals surface area contributed by atoms with Crippen molar-refractivity contribution in [1.29, 1.82) is 0 Å². The summed E-state index contributed by atoms with van der Waals surface area (Å²) in [7, 11) is 0. The summed E-state index contributed by atoms with van der Waals surface area (Å²) in [5.41, 5.74) is 3.91. The number of amides is 1. The van der Waals surface area contributed by atoms with Crippen molar-refractivity contribution in [3.05, 3.63) is 72.0 Å². The lowest BCUT2D eigenvalue weighted by Crippen LogP contribution is -2.16. The van der Waals surface area contributed by atoms with Crippen LogP contribution >= 0.6 is 0 Å². The van der Waals surface area contributed by atoms with Gasteiger partial charge < -0.3 is 13.9 Å². The van der Waals surface area contributed by atoms with E-state index in [1.54, 1.807) is 12.1 Å². The largest absolute Gasteiger partial charge is 0.494 e. The highest BCUT2D eigenvalue weighted by Crippen LogP contribution is 2.28. The number of nitrogens with zero attached hydrogens (tertiary/aromatic N) is 1. The molecule has 4 rings (SSSR count). The zero-order chi connectivity index (χ0) is 20.9. The molecule has 1 N–H and O–H groups in total. The molecule has 0 atom stereocenters. The summed E-state index contributed by atoms with van der Waals surface area (Å²) >= 11 is 0. The van der Waals surface area contributed by atoms with Crippen LogP contribution in [0.4, 0.5) is 0 Å². The molecule has 0 saturated carbocycles. The molecule has 0 unspecified atom stereocenters. The Bertz CT molecular complexity index is 1230. The highest BCUT2D eigenvalue weighted by Gasteiger charge is 2.13. The normalized spacial score (nSPS) is 11.3. The van der Waals surface area contributed by atoms with Crippen LogP contribution in [0.5, 0.6) is 11.5 Å². The van der Waals surface area contributed by atoms with E-state index in [1.807, 2.05) is 62.4 Å². The standard InChI is InChI=1S/C24H22N2O4/c1-3-28-18-11-9-17(22(13-18)29-4-2)15-25-26-24(27)23-14-20-19-8-6-5-7-16(19)10-12-21(20)30-23/h5-15H,3-4H2,1-2H3,(H,26,27). The van der Waals surface area contributed by atoms with Gasteiger partial charge >= 0.3 is 5.91 Å². The van der Waals surface area contributed by atoms with E-state index in [0.29, 0.717) is 24.5 Å². The van der Waals surface area contributed by atoms with Crippen LogP contribution in [-0.2, 0) is 0 Å². The Hall–Kier alpha value is -3.80. The van der Waals surface area contributed by atoms with Gasteiger partial charge in [-0.1, -0.05) is 30.3 Å². The molecule has 0 radical (unpaired) electrons. The molecule has 0 aliphatic rings. The molecular formula is C24H22N2O4. The number of hydrazone groups is 1. The van der Waals surface area contributed by atoms with E-state index in [0.717, 1.165) is 27.5 Å². The monoisotopic (exact) mass is 402 g/mol. The molecule has 4 aromatic rings. The maximum absolute atomic E-state index is 12.5. The average molecular weight is 402 g/mol. The Labute approximate surface area is 174 Å². The summed E-state index contributed by atoms with van der Waals surface area (Å²) in [4.78, 5) is 12.5. The maximum atomic E-state index is 12.5. The predicted octanol–water partition coefficient (Wildman–Crippen LogP) is 5.15. The van der Waals surface area contributed by atoms with Crippen LogP contribution in [0.2, 0.25) is 0 Å². The molecule has 6 nitrogen and oxygen atoms in total. The first kappa shape index (κ1) is 19.5. The van der Waals surface area contributed by atoms with E-state index in [1.165, 1.54) is 6.21 Å². The van der Waals surface area contributed by atoms with Crippen molar-refractivity contribution < 1.29 is 18.7 Å². The Morgan fingerprint density at radius 3 is 2.67 bits per heavy atom. The van der Waals surface area contributed by atoms with Crippen LogP contribution in [-0.4, -0.2) is 25.3 Å². The van der Waals surface area contributed by atoms with Crippen molar-refractivity contribution >= 4 is 33.9 Å². The average Bonchev–Trinajstić information content (AvgIpc) is 3.21. The Balaban J connectivity index is 1.53. The van der Waals surface area contributed by atoms with Gasteiger partial charge in [-0.05, 0) is 48.9 Å². The molecule has 1 amide bonds. The van der Waals surface area contributed by atoms with Crippen LogP contribution < -0.4 is 14.9 Å². The molecule has 0 saturated heterocycles. The van der Waals surface area contributed by atoms with E-state index in [-0.39, 0.29) is 5.76 Å². The predicted molar refractivity (Wildman–Crippen MR) is 118 cm³/mol. The van der Waals surface area contributed by atoms with Gasteiger partial charge in [0.1, 0.15) is 17.1 Å². The first-order valence-corrected chi connectivity index (χ1v) is 9.84. The minimum Gasteiger partial charge on any atom is -0.494 e. The minimum absolute atomic E-state index is 0.204. The van der Waals surface area contributed by atoms with Gasteiger partial charge in [-0.15, -0.1) is 0 Å². The fraction of sp³-hybridized carbons (Fsp3) is 0.167. The third-order valence-electron chi connectivity index (χ3n) is 4.62. The molecule has 0 aliphatic carbocycles. The third-order valence-corrected chi connectivity index (χ3v) is 4.62. The zero-order valence-electron chi connectivity index (χ0n) is 16.8. The molecule has 1 heterocycles. The van der Waals surface area contributed by atoms with Crippen molar-refractivity contribution in [1.82, 2.24) is 5.43 Å². The molecule has 0 spiro atoms. The molecule has 0 aliphatic heterocycles. The topological polar surface area (TPSA) is 73.1 Å². The zero-order valence-corrected chi connectivity index (χ0v) is 16.8. The van der Waals surface area contributed by atoms with Crippen molar-refractivity contribution in [3.8, 4) is 11.5 Å². The van der Waals surface area contributed by atoms with E-state index < -0.39 is 5.91 Å². The molecule has 1 aromatic heterocycles. The summed E-state index contributed by atoms with van der Waals surface area (Å²) in [6.07, 6.45) is 1.54. The number of nitrogens with one attached hydrogen (secondary N) is 1. The second-order valence-electron chi connectivity index (χ2n) is 6.57. The van der Waals surface area contributed by atoms with Crippen LogP contribution in [0.1, 0.15) is 30.0 Å². The quantitative estimate of drug-likeness (QED) is 0.343. The van der Waals surface area contributed by atoms with Crippen LogP contribution in [0.15, 0.2) is 70.2 Å². The Morgan fingerprint density at radius 1 is 1.00 bits per heavy atom. The SMILES string of the molecule is CCOc1ccc(C=NNC(=O)c2cc3c(ccc4ccccc43)o2)c(OCC)c1. The molecule has 30 heavy (non-hydrogen) atoms. The van der Waals surface area contributed by atoms with Gasteiger partial charge in [-0.25, -0.2) is 5.43 Å². The first-order chi connectivity index (χ1) is 14.7. The smallest absolute Gasteiger partial charge is 0.307 e. The number of fused-ring (bicyclic) bond motifs is 3. The molecule has 0 bridgehead atoms. The second kappa shape index (κ2) is 8.69. The van der Waals surface area contributed by atoms with E-state index in [9.17, 15) is 4.79 Å². The number of hydrogen-bond donors (Lipinski definition) is 1. The fourth-order valence-electron chi connectivity index (χ4n) is 3.28. The second-order valence-corrected chi connectivity index (χ2v) is 6.57. The number of hydrogen-bond acceptors (Lipinski definition) is 5. The van der Waals surface area contributed by atoms with Crippen molar-refractivity contribution in [3.63, 3.8) is 0 Å². The van der Waals surface area contributed by atoms with Gasteiger partial charge in [-0.3, -0.25) is 4.79 Å². The number of benzene rings is 3. The number of carbonyl (C=O) groups is 1. The molecule has 152 valence electrons. The minimum atomic E-state index is -0.421. The number of furan rings is 1. The van der Waals surface area contributed by atoms with Gasteiger partial charge in [0.15, 0.2) is 5.76 Å². The highest BCUT2D eigenvalue weighted by molar-refractivity contribution is 6.08. The summed E-state index contributed by atoms with van der Waals surface area (Å²) in [6.45, 7) is 4.91. The van der Waals surface area contributed by atoms with Gasteiger partial charge in [0.25, 0.3) is 0 Å². The van der Waals surface area contributed by atoms with Gasteiger partial charge in [0.2, 0.25) is 0 Å². The molecular weight excluding hydrogens is 380 g/mol. The molecule has 6 heteroatoms. The Morgan fingerprint density at radius 2 is 1.83 bits per heavy atom. The lowest BCUT2D eigenvalue weighted by atomic mass is 10.1. The Kier molecular flexibility index (Phi) is 5.66. The number of carbonyl (C=O) groups excluding carboxylic acids is 1. The van der Waals surface area contributed by atoms with E-state index in [2.05, 4.69) is 10.5 Å². The third kappa shape index (κ3) is 3.98. The highest BCUT2D eigenvalue weighted by atomic mass is 16.5. The summed E-state index contributed by atoms with van der Waals surface area (Å²) < 4.78 is 16.9. The van der Waals surface area contributed by atoms with Crippen LogP contribution in [0, 0.1) is 0 Å². The number of rotatable bonds is 7. The number of ether oxygens (including phenoxy) is 2. The van der Waals surface area contributed by atoms with Crippen molar-refractivity contribution in [2.45, 2.75) is 13.8 Å². The van der Waals surface area contributed by atoms with Crippen molar-refractivity contribution in [2.24, 2.45) is 5.10 Å². The molecule has 3 aromatic carbocycles. The van der Waals surface area contributed by atoms with Gasteiger partial charge in [0, 0.05) is 17.0 Å². The summed E-state index contributed by atoms with van der Waals surface area (Å²) in [5, 5.41) is 7.09. The fourth-order valence-corrected chi connectivity index (χ4v) is 3.28. The maximum Gasteiger partial charge on any atom is 0.307 e. The van der Waals surface area contributed by atoms with Crippen molar-refractivity contribution in [2.75, 3.05) is 13.2 Å². The van der Waals surface area contributed by atoms with Crippen LogP contribution in [0.25, 0.3) is 21.7 Å². The lowest BCUT2D eigenvalue weighted by molar-refractivity contribution is 0.0929. The first-order valence-electron chi connectivity index (χ1n) is 9.84. The van der Waals surface area contributed by atoms with Crippen LogP contribution in [0.3, 0.4) is 0 Å². The van der Waals surface area contributed by atoms with E-state index >= 15 is 0 Å². The molecule has 0 fully saturated rings. The van der Waals surface area contributed by atoms with E-state index in [4.69, 9.17) is 13.9 Å². The summed E-state index contributed by atoms with van der Waals surface area (Å²) in [5.74, 6) is 1.14. The lowest BCUT2D eigenvalue weighted by Gasteiger charge is -2.09. The van der Waals surface area contributed by atoms with Gasteiger partial charge in [0.05, 0.1) is 19.4 Å². The van der Waals surface area contributed by atoms with Gasteiger partial charge in [-0.2, -0.15) is 5.10 Å². The summed E-state index contributed by atoms with van der Waals surface area (Å²) in [6, 6.07) is 19.0.